The molecule has 0 aliphatic carbocycles. The highest BCUT2D eigenvalue weighted by Crippen LogP contribution is 2.19. The van der Waals surface area contributed by atoms with Gasteiger partial charge in [0.25, 0.3) is 5.91 Å². The topological polar surface area (TPSA) is 84.9 Å². The number of rotatable bonds is 8. The van der Waals surface area contributed by atoms with Crippen LogP contribution in [0, 0.1) is 6.92 Å². The van der Waals surface area contributed by atoms with Gasteiger partial charge < -0.3 is 14.4 Å². The van der Waals surface area contributed by atoms with Crippen molar-refractivity contribution in [2.24, 2.45) is 0 Å². The largest absolute Gasteiger partial charge is 0.494 e. The zero-order chi connectivity index (χ0) is 21.6. The number of aryl methyl sites for hydroxylation is 1. The molecule has 0 aromatic heterocycles. The zero-order valence-electron chi connectivity index (χ0n) is 17.3. The van der Waals surface area contributed by atoms with E-state index in [9.17, 15) is 13.2 Å². The van der Waals surface area contributed by atoms with Crippen molar-refractivity contribution in [2.75, 3.05) is 26.3 Å². The van der Waals surface area contributed by atoms with Gasteiger partial charge in [-0.05, 0) is 63.1 Å². The summed E-state index contributed by atoms with van der Waals surface area (Å²) in [7, 11) is -3.61. The third-order valence-electron chi connectivity index (χ3n) is 5.00. The highest BCUT2D eigenvalue weighted by molar-refractivity contribution is 7.89. The van der Waals surface area contributed by atoms with Crippen molar-refractivity contribution in [3.05, 3.63) is 54.1 Å². The highest BCUT2D eigenvalue weighted by atomic mass is 32.2. The number of sulfonamides is 1. The molecule has 1 fully saturated rings. The molecule has 2 aromatic rings. The second-order valence-electron chi connectivity index (χ2n) is 7.28. The number of nitrogens with zero attached hydrogens (tertiary/aromatic N) is 1. The summed E-state index contributed by atoms with van der Waals surface area (Å²) < 4.78 is 38.9. The molecule has 8 heteroatoms. The maximum Gasteiger partial charge on any atom is 0.260 e. The minimum absolute atomic E-state index is 0.0222. The monoisotopic (exact) mass is 432 g/mol. The van der Waals surface area contributed by atoms with Crippen LogP contribution >= 0.6 is 0 Å². The Balaban J connectivity index is 1.47. The van der Waals surface area contributed by atoms with Gasteiger partial charge in [-0.2, -0.15) is 0 Å². The zero-order valence-corrected chi connectivity index (χ0v) is 18.2. The Bertz CT molecular complexity index is 934. The number of hydrogen-bond donors (Lipinski definition) is 1. The van der Waals surface area contributed by atoms with E-state index >= 15 is 0 Å². The van der Waals surface area contributed by atoms with Crippen LogP contribution in [-0.4, -0.2) is 51.6 Å². The van der Waals surface area contributed by atoms with Crippen molar-refractivity contribution >= 4 is 15.9 Å². The number of likely N-dealkylation sites (tertiary alicyclic amines) is 1. The molecule has 1 aliphatic rings. The van der Waals surface area contributed by atoms with Crippen molar-refractivity contribution in [3.8, 4) is 11.5 Å². The minimum atomic E-state index is -3.61. The average Bonchev–Trinajstić information content (AvgIpc) is 2.74. The van der Waals surface area contributed by atoms with E-state index in [0.717, 1.165) is 5.56 Å². The Morgan fingerprint density at radius 2 is 1.57 bits per heavy atom. The Morgan fingerprint density at radius 3 is 2.17 bits per heavy atom. The van der Waals surface area contributed by atoms with Gasteiger partial charge in [0.15, 0.2) is 6.61 Å². The molecular formula is C22H28N2O5S. The second-order valence-corrected chi connectivity index (χ2v) is 9.00. The molecule has 0 unspecified atom stereocenters. The SMILES string of the molecule is CCOc1ccc(S(=O)(=O)NC2CCN(C(=O)COc3ccc(C)cc3)CC2)cc1. The number of hydrogen-bond acceptors (Lipinski definition) is 5. The van der Waals surface area contributed by atoms with E-state index in [4.69, 9.17) is 9.47 Å². The third-order valence-corrected chi connectivity index (χ3v) is 6.53. The van der Waals surface area contributed by atoms with Crippen LogP contribution in [0.1, 0.15) is 25.3 Å². The molecule has 0 spiro atoms. The van der Waals surface area contributed by atoms with Gasteiger partial charge in [-0.25, -0.2) is 13.1 Å². The lowest BCUT2D eigenvalue weighted by molar-refractivity contribution is -0.134. The van der Waals surface area contributed by atoms with Crippen LogP contribution in [0.3, 0.4) is 0 Å². The molecule has 0 saturated carbocycles. The molecule has 0 atom stereocenters. The number of amides is 1. The summed E-state index contributed by atoms with van der Waals surface area (Å²) in [5, 5.41) is 0. The first kappa shape index (κ1) is 22.1. The fourth-order valence-corrected chi connectivity index (χ4v) is 4.59. The maximum atomic E-state index is 12.6. The molecule has 30 heavy (non-hydrogen) atoms. The van der Waals surface area contributed by atoms with E-state index in [-0.39, 0.29) is 23.5 Å². The molecule has 3 rings (SSSR count). The van der Waals surface area contributed by atoms with Crippen molar-refractivity contribution in [3.63, 3.8) is 0 Å². The van der Waals surface area contributed by atoms with E-state index in [1.807, 2.05) is 38.1 Å². The number of ether oxygens (including phenoxy) is 2. The van der Waals surface area contributed by atoms with E-state index in [2.05, 4.69) is 4.72 Å². The molecular weight excluding hydrogens is 404 g/mol. The number of carbonyl (C=O) groups excluding carboxylic acids is 1. The molecule has 0 bridgehead atoms. The molecule has 1 aliphatic heterocycles. The molecule has 2 aromatic carbocycles. The highest BCUT2D eigenvalue weighted by Gasteiger charge is 2.27. The maximum absolute atomic E-state index is 12.6. The Labute approximate surface area is 178 Å². The first-order valence-electron chi connectivity index (χ1n) is 10.1. The summed E-state index contributed by atoms with van der Waals surface area (Å²) in [4.78, 5) is 14.3. The van der Waals surface area contributed by atoms with Gasteiger partial charge >= 0.3 is 0 Å². The fourth-order valence-electron chi connectivity index (χ4n) is 3.29. The van der Waals surface area contributed by atoms with Crippen LogP contribution in [0.4, 0.5) is 0 Å². The van der Waals surface area contributed by atoms with Crippen LogP contribution in [0.15, 0.2) is 53.4 Å². The summed E-state index contributed by atoms with van der Waals surface area (Å²) in [6.07, 6.45) is 1.12. The third kappa shape index (κ3) is 5.96. The van der Waals surface area contributed by atoms with Crippen LogP contribution < -0.4 is 14.2 Å². The average molecular weight is 433 g/mol. The van der Waals surface area contributed by atoms with E-state index in [1.54, 1.807) is 17.0 Å². The number of carbonyl (C=O) groups is 1. The summed E-state index contributed by atoms with van der Waals surface area (Å²) in [5.74, 6) is 1.20. The molecule has 162 valence electrons. The predicted octanol–water partition coefficient (Wildman–Crippen LogP) is 2.74. The second kappa shape index (κ2) is 9.95. The molecule has 0 radical (unpaired) electrons. The van der Waals surface area contributed by atoms with Gasteiger partial charge in [0.2, 0.25) is 10.0 Å². The first-order valence-corrected chi connectivity index (χ1v) is 11.6. The Kier molecular flexibility index (Phi) is 7.33. The van der Waals surface area contributed by atoms with Crippen molar-refractivity contribution in [1.29, 1.82) is 0 Å². The van der Waals surface area contributed by atoms with Gasteiger partial charge in [0.05, 0.1) is 11.5 Å². The fraction of sp³-hybridized carbons (Fsp3) is 0.409. The normalized spacial score (nSPS) is 15.1. The smallest absolute Gasteiger partial charge is 0.260 e. The van der Waals surface area contributed by atoms with Crippen LogP contribution in [0.25, 0.3) is 0 Å². The standard InChI is InChI=1S/C22H28N2O5S/c1-3-28-19-8-10-21(11-9-19)30(26,27)23-18-12-14-24(15-13-18)22(25)16-29-20-6-4-17(2)5-7-20/h4-11,18,23H,3,12-16H2,1-2H3. The van der Waals surface area contributed by atoms with Crippen LogP contribution in [-0.2, 0) is 14.8 Å². The molecule has 1 N–H and O–H groups in total. The van der Waals surface area contributed by atoms with E-state index in [1.165, 1.54) is 12.1 Å². The summed E-state index contributed by atoms with van der Waals surface area (Å²) in [6, 6.07) is 13.7. The first-order chi connectivity index (χ1) is 14.4. The Hall–Kier alpha value is -2.58. The lowest BCUT2D eigenvalue weighted by Gasteiger charge is -2.32. The lowest BCUT2D eigenvalue weighted by Crippen LogP contribution is -2.47. The van der Waals surface area contributed by atoms with Gasteiger partial charge in [-0.15, -0.1) is 0 Å². The van der Waals surface area contributed by atoms with Gasteiger partial charge in [-0.1, -0.05) is 17.7 Å². The van der Waals surface area contributed by atoms with Gasteiger partial charge in [0.1, 0.15) is 11.5 Å². The van der Waals surface area contributed by atoms with Crippen LogP contribution in [0.5, 0.6) is 11.5 Å². The van der Waals surface area contributed by atoms with Gasteiger partial charge in [-0.3, -0.25) is 4.79 Å². The molecule has 1 saturated heterocycles. The van der Waals surface area contributed by atoms with Crippen molar-refractivity contribution in [1.82, 2.24) is 9.62 Å². The van der Waals surface area contributed by atoms with Crippen molar-refractivity contribution < 1.29 is 22.7 Å². The lowest BCUT2D eigenvalue weighted by atomic mass is 10.1. The molecule has 7 nitrogen and oxygen atoms in total. The Morgan fingerprint density at radius 1 is 1.00 bits per heavy atom. The predicted molar refractivity (Wildman–Crippen MR) is 114 cm³/mol. The summed E-state index contributed by atoms with van der Waals surface area (Å²) in [5.41, 5.74) is 1.13. The number of benzene rings is 2. The number of nitrogens with one attached hydrogen (secondary N) is 1. The van der Waals surface area contributed by atoms with E-state index in [0.29, 0.717) is 44.0 Å². The quantitative estimate of drug-likeness (QED) is 0.693. The molecule has 1 amide bonds. The van der Waals surface area contributed by atoms with Crippen LogP contribution in [0.2, 0.25) is 0 Å². The summed E-state index contributed by atoms with van der Waals surface area (Å²) >= 11 is 0. The molecule has 1 heterocycles. The minimum Gasteiger partial charge on any atom is -0.494 e. The van der Waals surface area contributed by atoms with Crippen molar-refractivity contribution in [2.45, 2.75) is 37.6 Å². The number of piperidine rings is 1. The van der Waals surface area contributed by atoms with Gasteiger partial charge in [0, 0.05) is 19.1 Å². The van der Waals surface area contributed by atoms with E-state index < -0.39 is 10.0 Å². The summed E-state index contributed by atoms with van der Waals surface area (Å²) in [6.45, 7) is 5.35.